The quantitative estimate of drug-likeness (QED) is 0.311. The van der Waals surface area contributed by atoms with Crippen molar-refractivity contribution in [1.29, 1.82) is 0 Å². The number of carboxylic acid groups (broad SMARTS) is 2. The van der Waals surface area contributed by atoms with Crippen LogP contribution in [0.2, 0.25) is 0 Å². The van der Waals surface area contributed by atoms with Crippen LogP contribution in [0, 0.1) is 17.8 Å². The minimum Gasteiger partial charge on any atom is -0.496 e. The number of carboxylic acids is 2. The van der Waals surface area contributed by atoms with Crippen molar-refractivity contribution in [2.75, 3.05) is 7.11 Å². The van der Waals surface area contributed by atoms with E-state index in [2.05, 4.69) is 18.2 Å². The molecular formula is C31H34O5. The van der Waals surface area contributed by atoms with Gasteiger partial charge in [-0.05, 0) is 116 Å². The summed E-state index contributed by atoms with van der Waals surface area (Å²) in [4.78, 5) is 22.5. The number of aromatic carboxylic acids is 1. The summed E-state index contributed by atoms with van der Waals surface area (Å²) in [6.45, 7) is 0. The topological polar surface area (TPSA) is 83.8 Å². The fourth-order valence-corrected chi connectivity index (χ4v) is 7.44. The summed E-state index contributed by atoms with van der Waals surface area (Å²) in [7, 11) is 1.77. The van der Waals surface area contributed by atoms with E-state index in [9.17, 15) is 14.7 Å². The first-order chi connectivity index (χ1) is 17.3. The Balaban J connectivity index is 1.35. The van der Waals surface area contributed by atoms with E-state index in [1.165, 1.54) is 61.8 Å². The SMILES string of the molecule is COc1cc(CCC=C(C=CC(=O)O)c2cccc(C(=O)O)c2)ccc1C12CC3CC(CC(C3)C1)C2. The molecule has 4 bridgehead atoms. The summed E-state index contributed by atoms with van der Waals surface area (Å²) in [6.07, 6.45) is 14.2. The molecule has 4 fully saturated rings. The van der Waals surface area contributed by atoms with Gasteiger partial charge in [-0.25, -0.2) is 9.59 Å². The molecule has 4 aliphatic carbocycles. The van der Waals surface area contributed by atoms with Crippen LogP contribution in [0.15, 0.2) is 60.7 Å². The molecule has 5 nitrogen and oxygen atoms in total. The monoisotopic (exact) mass is 486 g/mol. The molecule has 2 aromatic carbocycles. The van der Waals surface area contributed by atoms with Crippen molar-refractivity contribution in [3.05, 3.63) is 82.9 Å². The zero-order chi connectivity index (χ0) is 25.3. The number of benzene rings is 2. The maximum atomic E-state index is 11.4. The first-order valence-electron chi connectivity index (χ1n) is 13.0. The highest BCUT2D eigenvalue weighted by molar-refractivity contribution is 5.90. The predicted molar refractivity (Wildman–Crippen MR) is 139 cm³/mol. The fraction of sp³-hybridized carbons (Fsp3) is 0.419. The molecule has 0 aliphatic heterocycles. The van der Waals surface area contributed by atoms with E-state index in [1.54, 1.807) is 25.3 Å². The summed E-state index contributed by atoms with van der Waals surface area (Å²) in [6, 6.07) is 13.3. The minimum absolute atomic E-state index is 0.173. The highest BCUT2D eigenvalue weighted by Gasteiger charge is 2.52. The molecule has 36 heavy (non-hydrogen) atoms. The number of methoxy groups -OCH3 is 1. The van der Waals surface area contributed by atoms with E-state index < -0.39 is 11.9 Å². The van der Waals surface area contributed by atoms with Crippen molar-refractivity contribution >= 4 is 17.5 Å². The molecular weight excluding hydrogens is 452 g/mol. The Hall–Kier alpha value is -3.34. The summed E-state index contributed by atoms with van der Waals surface area (Å²) >= 11 is 0. The lowest BCUT2D eigenvalue weighted by Gasteiger charge is -2.57. The van der Waals surface area contributed by atoms with Crippen LogP contribution in [-0.4, -0.2) is 29.3 Å². The van der Waals surface area contributed by atoms with Gasteiger partial charge >= 0.3 is 11.9 Å². The Morgan fingerprint density at radius 2 is 1.61 bits per heavy atom. The first-order valence-corrected chi connectivity index (χ1v) is 13.0. The second-order valence-electron chi connectivity index (χ2n) is 11.0. The van der Waals surface area contributed by atoms with Gasteiger partial charge in [0.15, 0.2) is 0 Å². The van der Waals surface area contributed by atoms with Crippen LogP contribution in [-0.2, 0) is 16.6 Å². The van der Waals surface area contributed by atoms with Gasteiger partial charge in [-0.15, -0.1) is 0 Å². The van der Waals surface area contributed by atoms with Crippen molar-refractivity contribution in [2.24, 2.45) is 17.8 Å². The second kappa shape index (κ2) is 9.96. The van der Waals surface area contributed by atoms with E-state index in [1.807, 2.05) is 6.08 Å². The number of rotatable bonds is 9. The fourth-order valence-electron chi connectivity index (χ4n) is 7.44. The van der Waals surface area contributed by atoms with Gasteiger partial charge in [0.05, 0.1) is 12.7 Å². The van der Waals surface area contributed by atoms with Crippen LogP contribution in [0.25, 0.3) is 5.57 Å². The molecule has 4 aliphatic rings. The van der Waals surface area contributed by atoms with Gasteiger partial charge in [0.1, 0.15) is 5.75 Å². The molecule has 2 aromatic rings. The highest BCUT2D eigenvalue weighted by Crippen LogP contribution is 2.61. The van der Waals surface area contributed by atoms with Crippen LogP contribution < -0.4 is 4.74 Å². The number of carbonyl (C=O) groups is 2. The molecule has 0 amide bonds. The highest BCUT2D eigenvalue weighted by atomic mass is 16.5. The van der Waals surface area contributed by atoms with E-state index in [-0.39, 0.29) is 11.0 Å². The number of ether oxygens (including phenoxy) is 1. The number of allylic oxidation sites excluding steroid dienone is 3. The summed E-state index contributed by atoms with van der Waals surface area (Å²) in [5.74, 6) is 1.58. The molecule has 2 N–H and O–H groups in total. The Morgan fingerprint density at radius 3 is 2.22 bits per heavy atom. The standard InChI is InChI=1S/C31H34O5/c1-36-28-15-20(8-10-27(28)31-17-21-12-22(18-31)14-23(13-21)19-31)4-2-5-24(9-11-29(32)33)25-6-3-7-26(16-25)30(34)35/h3,5-11,15-16,21-23H,2,4,12-14,17-19H2,1H3,(H,32,33)(H,34,35). The number of aryl methyl sites for hydroxylation is 1. The molecule has 0 spiro atoms. The Labute approximate surface area is 212 Å². The lowest BCUT2D eigenvalue weighted by Crippen LogP contribution is -2.48. The zero-order valence-corrected chi connectivity index (χ0v) is 20.8. The summed E-state index contributed by atoms with van der Waals surface area (Å²) in [5, 5.41) is 18.4. The van der Waals surface area contributed by atoms with Crippen molar-refractivity contribution in [2.45, 2.75) is 56.8 Å². The third-order valence-corrected chi connectivity index (χ3v) is 8.52. The predicted octanol–water partition coefficient (Wildman–Crippen LogP) is 6.52. The van der Waals surface area contributed by atoms with E-state index >= 15 is 0 Å². The van der Waals surface area contributed by atoms with Crippen LogP contribution in [0.5, 0.6) is 5.75 Å². The minimum atomic E-state index is -1.04. The van der Waals surface area contributed by atoms with Crippen LogP contribution in [0.1, 0.15) is 72.0 Å². The Kier molecular flexibility index (Phi) is 6.74. The Morgan fingerprint density at radius 1 is 0.944 bits per heavy atom. The van der Waals surface area contributed by atoms with Gasteiger partial charge in [-0.2, -0.15) is 0 Å². The van der Waals surface area contributed by atoms with Gasteiger partial charge in [-0.3, -0.25) is 0 Å². The van der Waals surface area contributed by atoms with Gasteiger partial charge in [-0.1, -0.05) is 30.3 Å². The smallest absolute Gasteiger partial charge is 0.335 e. The largest absolute Gasteiger partial charge is 0.496 e. The lowest BCUT2D eigenvalue weighted by atomic mass is 9.48. The molecule has 6 rings (SSSR count). The van der Waals surface area contributed by atoms with Crippen LogP contribution in [0.4, 0.5) is 0 Å². The van der Waals surface area contributed by atoms with Crippen molar-refractivity contribution in [3.8, 4) is 5.75 Å². The van der Waals surface area contributed by atoms with E-state index in [0.29, 0.717) is 17.6 Å². The van der Waals surface area contributed by atoms with Gasteiger partial charge in [0.25, 0.3) is 0 Å². The first kappa shape index (κ1) is 24.4. The molecule has 0 radical (unpaired) electrons. The maximum Gasteiger partial charge on any atom is 0.335 e. The molecule has 0 aromatic heterocycles. The Bertz CT molecular complexity index is 1190. The van der Waals surface area contributed by atoms with Crippen molar-refractivity contribution in [3.63, 3.8) is 0 Å². The van der Waals surface area contributed by atoms with Crippen LogP contribution >= 0.6 is 0 Å². The number of aliphatic carboxylic acids is 1. The molecule has 188 valence electrons. The normalized spacial score (nSPS) is 26.9. The molecule has 0 unspecified atom stereocenters. The van der Waals surface area contributed by atoms with E-state index in [0.717, 1.165) is 36.0 Å². The summed E-state index contributed by atoms with van der Waals surface area (Å²) < 4.78 is 5.93. The van der Waals surface area contributed by atoms with Gasteiger partial charge in [0.2, 0.25) is 0 Å². The molecule has 5 heteroatoms. The summed E-state index contributed by atoms with van der Waals surface area (Å²) in [5.41, 5.74) is 4.39. The van der Waals surface area contributed by atoms with Crippen molar-refractivity contribution in [1.82, 2.24) is 0 Å². The van der Waals surface area contributed by atoms with Gasteiger partial charge in [0, 0.05) is 11.6 Å². The van der Waals surface area contributed by atoms with Gasteiger partial charge < -0.3 is 14.9 Å². The zero-order valence-electron chi connectivity index (χ0n) is 20.8. The number of hydrogen-bond acceptors (Lipinski definition) is 3. The molecule has 0 heterocycles. The van der Waals surface area contributed by atoms with E-state index in [4.69, 9.17) is 9.84 Å². The average molecular weight is 487 g/mol. The lowest BCUT2D eigenvalue weighted by molar-refractivity contribution is -0.131. The third kappa shape index (κ3) is 4.97. The van der Waals surface area contributed by atoms with Crippen molar-refractivity contribution < 1.29 is 24.5 Å². The second-order valence-corrected chi connectivity index (χ2v) is 11.0. The average Bonchev–Trinajstić information content (AvgIpc) is 2.85. The van der Waals surface area contributed by atoms with Crippen LogP contribution in [0.3, 0.4) is 0 Å². The molecule has 0 atom stereocenters. The third-order valence-electron chi connectivity index (χ3n) is 8.52. The molecule has 0 saturated heterocycles. The molecule has 4 saturated carbocycles. The maximum absolute atomic E-state index is 11.4. The number of hydrogen-bond donors (Lipinski definition) is 2.